The number of hydrogen-bond acceptors (Lipinski definition) is 0. The summed E-state index contributed by atoms with van der Waals surface area (Å²) in [5, 5.41) is 2.56. The lowest BCUT2D eigenvalue weighted by atomic mass is 9.79. The number of hydrogen-bond donors (Lipinski definition) is 0. The van der Waals surface area contributed by atoms with E-state index < -0.39 is 0 Å². The molecule has 0 heteroatoms. The lowest BCUT2D eigenvalue weighted by Crippen LogP contribution is -2.06. The van der Waals surface area contributed by atoms with Crippen LogP contribution in [0.2, 0.25) is 0 Å². The van der Waals surface area contributed by atoms with Crippen molar-refractivity contribution in [1.29, 1.82) is 0 Å². The predicted octanol–water partition coefficient (Wildman–Crippen LogP) is 10.3. The van der Waals surface area contributed by atoms with Crippen LogP contribution in [0.4, 0.5) is 0 Å². The van der Waals surface area contributed by atoms with Gasteiger partial charge < -0.3 is 0 Å². The van der Waals surface area contributed by atoms with E-state index in [1.165, 1.54) is 60.9 Å². The first-order valence-electron chi connectivity index (χ1n) is 13.5. The van der Waals surface area contributed by atoms with Crippen molar-refractivity contribution >= 4 is 16.3 Å². The molecule has 1 unspecified atom stereocenters. The summed E-state index contributed by atoms with van der Waals surface area (Å²) in [6.45, 7) is 4.40. The predicted molar refractivity (Wildman–Crippen MR) is 163 cm³/mol. The van der Waals surface area contributed by atoms with E-state index in [0.717, 1.165) is 6.42 Å². The van der Waals surface area contributed by atoms with E-state index in [-0.39, 0.29) is 5.92 Å². The summed E-state index contributed by atoms with van der Waals surface area (Å²) in [6, 6.07) is 42.3. The van der Waals surface area contributed by atoms with E-state index in [4.69, 9.17) is 0 Å². The quantitative estimate of drug-likeness (QED) is 0.237. The second-order valence-corrected chi connectivity index (χ2v) is 10.2. The molecule has 1 aliphatic carbocycles. The lowest BCUT2D eigenvalue weighted by molar-refractivity contribution is 0.826. The van der Waals surface area contributed by atoms with Crippen LogP contribution in [-0.2, 0) is 0 Å². The molecule has 0 nitrogen and oxygen atoms in total. The first kappa shape index (κ1) is 23.9. The minimum Gasteiger partial charge on any atom is -0.0836 e. The molecule has 184 valence electrons. The van der Waals surface area contributed by atoms with E-state index >= 15 is 0 Å². The Morgan fingerprint density at radius 2 is 1.32 bits per heavy atom. The third kappa shape index (κ3) is 4.66. The van der Waals surface area contributed by atoms with Gasteiger partial charge in [-0.2, -0.15) is 0 Å². The highest BCUT2D eigenvalue weighted by Gasteiger charge is 2.22. The first-order chi connectivity index (χ1) is 18.7. The van der Waals surface area contributed by atoms with Gasteiger partial charge in [-0.25, -0.2) is 0 Å². The van der Waals surface area contributed by atoms with E-state index in [0.29, 0.717) is 0 Å². The minimum atomic E-state index is 0.247. The molecule has 0 spiro atoms. The Hall–Kier alpha value is -4.42. The summed E-state index contributed by atoms with van der Waals surface area (Å²) in [5.41, 5.74) is 11.7. The minimum absolute atomic E-state index is 0.247. The van der Waals surface area contributed by atoms with Crippen LogP contribution in [0.15, 0.2) is 145 Å². The van der Waals surface area contributed by atoms with Crippen LogP contribution in [0.5, 0.6) is 0 Å². The number of allylic oxidation sites excluding steroid dienone is 5. The fourth-order valence-corrected chi connectivity index (χ4v) is 5.82. The van der Waals surface area contributed by atoms with Gasteiger partial charge in [-0.15, -0.1) is 0 Å². The zero-order chi connectivity index (χ0) is 25.9. The van der Waals surface area contributed by atoms with Crippen LogP contribution in [0.3, 0.4) is 0 Å². The van der Waals surface area contributed by atoms with Gasteiger partial charge in [0.25, 0.3) is 0 Å². The summed E-state index contributed by atoms with van der Waals surface area (Å²) >= 11 is 0. The van der Waals surface area contributed by atoms with Gasteiger partial charge in [0.2, 0.25) is 0 Å². The van der Waals surface area contributed by atoms with Crippen molar-refractivity contribution in [3.05, 3.63) is 173 Å². The molecule has 0 saturated carbocycles. The van der Waals surface area contributed by atoms with Crippen molar-refractivity contribution in [2.45, 2.75) is 26.2 Å². The largest absolute Gasteiger partial charge is 0.0836 e. The molecule has 0 fully saturated rings. The van der Waals surface area contributed by atoms with Crippen LogP contribution in [0, 0.1) is 6.92 Å². The number of rotatable bonds is 3. The first-order valence-corrected chi connectivity index (χ1v) is 13.5. The maximum Gasteiger partial charge on any atom is 0.0130 e. The second-order valence-electron chi connectivity index (χ2n) is 10.2. The standard InChI is InChI=1S/C38H32/c1-27-13-10-17-30(25-27)31-18-11-19-32(26-31)34-20-5-3-4-14-28(2)38(37-23-9-8-22-35(34)37)36-24-12-16-29-15-6-7-21-33(29)36/h3-19,21-26,34H,20H2,1-2H3/b5-3-,14-4-,38-28+. The van der Waals surface area contributed by atoms with Gasteiger partial charge in [-0.3, -0.25) is 0 Å². The normalized spacial score (nSPS) is 19.1. The van der Waals surface area contributed by atoms with Gasteiger partial charge in [0.05, 0.1) is 0 Å². The van der Waals surface area contributed by atoms with Gasteiger partial charge in [-0.1, -0.05) is 145 Å². The summed E-state index contributed by atoms with van der Waals surface area (Å²) in [4.78, 5) is 0. The maximum absolute atomic E-state index is 2.39. The van der Waals surface area contributed by atoms with Gasteiger partial charge in [-0.05, 0) is 75.6 Å². The number of fused-ring (bicyclic) bond motifs is 2. The van der Waals surface area contributed by atoms with Gasteiger partial charge in [0.15, 0.2) is 0 Å². The van der Waals surface area contributed by atoms with E-state index in [2.05, 4.69) is 153 Å². The highest BCUT2D eigenvalue weighted by atomic mass is 14.3. The zero-order valence-corrected chi connectivity index (χ0v) is 22.1. The Balaban J connectivity index is 1.56. The average Bonchev–Trinajstić information content (AvgIpc) is 2.96. The molecular weight excluding hydrogens is 456 g/mol. The van der Waals surface area contributed by atoms with Crippen molar-refractivity contribution in [1.82, 2.24) is 0 Å². The Morgan fingerprint density at radius 3 is 2.21 bits per heavy atom. The maximum atomic E-state index is 2.39. The van der Waals surface area contributed by atoms with Crippen molar-refractivity contribution < 1.29 is 0 Å². The van der Waals surface area contributed by atoms with Crippen LogP contribution < -0.4 is 0 Å². The van der Waals surface area contributed by atoms with E-state index in [1.807, 2.05) is 0 Å². The highest BCUT2D eigenvalue weighted by molar-refractivity contribution is 5.99. The van der Waals surface area contributed by atoms with E-state index in [9.17, 15) is 0 Å². The molecule has 0 aromatic heterocycles. The smallest absolute Gasteiger partial charge is 0.0130 e. The molecule has 6 rings (SSSR count). The molecule has 5 aromatic carbocycles. The zero-order valence-electron chi connectivity index (χ0n) is 22.1. The molecule has 0 amide bonds. The van der Waals surface area contributed by atoms with Crippen LogP contribution in [0.25, 0.3) is 27.5 Å². The summed E-state index contributed by atoms with van der Waals surface area (Å²) in [6.07, 6.45) is 9.90. The average molecular weight is 489 g/mol. The van der Waals surface area contributed by atoms with Crippen LogP contribution in [0.1, 0.15) is 47.1 Å². The van der Waals surface area contributed by atoms with Gasteiger partial charge in [0, 0.05) is 5.92 Å². The molecule has 0 aliphatic heterocycles. The van der Waals surface area contributed by atoms with Crippen molar-refractivity contribution in [3.8, 4) is 11.1 Å². The number of benzene rings is 5. The highest BCUT2D eigenvalue weighted by Crippen LogP contribution is 2.40. The van der Waals surface area contributed by atoms with Gasteiger partial charge >= 0.3 is 0 Å². The third-order valence-corrected chi connectivity index (χ3v) is 7.66. The Kier molecular flexibility index (Phi) is 6.63. The second kappa shape index (κ2) is 10.5. The number of aryl methyl sites for hydroxylation is 1. The summed E-state index contributed by atoms with van der Waals surface area (Å²) in [5.74, 6) is 0.247. The summed E-state index contributed by atoms with van der Waals surface area (Å²) < 4.78 is 0. The fraction of sp³-hybridized carbons (Fsp3) is 0.105. The molecule has 5 aromatic rings. The monoisotopic (exact) mass is 488 g/mol. The SMILES string of the molecule is CC1=C(/c2cccc3ccccc23)c2ccccc2C(c2cccc(-c3cccc(C)c3)c2)C\C=C/C=C\1. The molecule has 0 saturated heterocycles. The van der Waals surface area contributed by atoms with E-state index in [1.54, 1.807) is 0 Å². The third-order valence-electron chi connectivity index (χ3n) is 7.66. The molecule has 0 heterocycles. The van der Waals surface area contributed by atoms with Crippen molar-refractivity contribution in [3.63, 3.8) is 0 Å². The molecule has 1 atom stereocenters. The molecule has 0 N–H and O–H groups in total. The fourth-order valence-electron chi connectivity index (χ4n) is 5.82. The molecule has 38 heavy (non-hydrogen) atoms. The van der Waals surface area contributed by atoms with Crippen molar-refractivity contribution in [2.75, 3.05) is 0 Å². The molecule has 1 aliphatic rings. The molecule has 0 bridgehead atoms. The molecular formula is C38H32. The van der Waals surface area contributed by atoms with Gasteiger partial charge in [0.1, 0.15) is 0 Å². The molecule has 0 radical (unpaired) electrons. The Bertz CT molecular complexity index is 1700. The van der Waals surface area contributed by atoms with Crippen LogP contribution in [-0.4, -0.2) is 0 Å². The Labute approximate surface area is 226 Å². The lowest BCUT2D eigenvalue weighted by Gasteiger charge is -2.24. The summed E-state index contributed by atoms with van der Waals surface area (Å²) in [7, 11) is 0. The van der Waals surface area contributed by atoms with Crippen molar-refractivity contribution in [2.24, 2.45) is 0 Å². The topological polar surface area (TPSA) is 0 Å². The van der Waals surface area contributed by atoms with Crippen LogP contribution >= 0.6 is 0 Å². The Morgan fingerprint density at radius 1 is 0.605 bits per heavy atom.